The van der Waals surface area contributed by atoms with E-state index in [1.165, 1.54) is 6.20 Å². The van der Waals surface area contributed by atoms with Crippen molar-refractivity contribution in [2.45, 2.75) is 6.42 Å². The minimum atomic E-state index is -0.520. The average Bonchev–Trinajstić information content (AvgIpc) is 2.79. The number of carbonyl (C=O) groups excluding carboxylic acids is 1. The van der Waals surface area contributed by atoms with E-state index in [9.17, 15) is 4.79 Å². The maximum Gasteiger partial charge on any atom is 0.251 e. The molecule has 0 bridgehead atoms. The zero-order valence-corrected chi connectivity index (χ0v) is 10.4. The van der Waals surface area contributed by atoms with Crippen molar-refractivity contribution in [1.29, 1.82) is 0 Å². The molecule has 0 aliphatic carbocycles. The van der Waals surface area contributed by atoms with E-state index in [1.54, 1.807) is 16.9 Å². The first kappa shape index (κ1) is 12.6. The van der Waals surface area contributed by atoms with E-state index in [-0.39, 0.29) is 0 Å². The molecular weight excluding hydrogens is 252 g/mol. The molecule has 6 heteroatoms. The molecule has 5 nitrogen and oxygen atoms in total. The molecule has 1 aromatic carbocycles. The van der Waals surface area contributed by atoms with Crippen LogP contribution in [0.15, 0.2) is 30.6 Å². The number of hydrogen-bond donors (Lipinski definition) is 2. The highest BCUT2D eigenvalue weighted by Gasteiger charge is 2.11. The van der Waals surface area contributed by atoms with Crippen molar-refractivity contribution >= 4 is 17.5 Å². The molecule has 1 aromatic heterocycles. The van der Waals surface area contributed by atoms with Crippen LogP contribution in [-0.4, -0.2) is 22.2 Å². The fourth-order valence-electron chi connectivity index (χ4n) is 1.75. The summed E-state index contributed by atoms with van der Waals surface area (Å²) in [6.45, 7) is 0.511. The van der Waals surface area contributed by atoms with E-state index in [1.807, 2.05) is 12.1 Å². The normalized spacial score (nSPS) is 10.6. The molecule has 0 saturated heterocycles. The Morgan fingerprint density at radius 1 is 1.44 bits per heavy atom. The van der Waals surface area contributed by atoms with Crippen molar-refractivity contribution in [2.75, 3.05) is 6.54 Å². The number of nitrogens with zero attached hydrogens (tertiary/aromatic N) is 2. The van der Waals surface area contributed by atoms with Crippen molar-refractivity contribution in [3.63, 3.8) is 0 Å². The van der Waals surface area contributed by atoms with Gasteiger partial charge >= 0.3 is 0 Å². The lowest BCUT2D eigenvalue weighted by atomic mass is 10.1. The fraction of sp³-hybridized carbons (Fsp3) is 0.167. The van der Waals surface area contributed by atoms with Crippen LogP contribution in [0.1, 0.15) is 15.9 Å². The number of carbonyl (C=O) groups is 1. The van der Waals surface area contributed by atoms with Crippen molar-refractivity contribution < 1.29 is 4.79 Å². The van der Waals surface area contributed by atoms with Crippen LogP contribution in [0.25, 0.3) is 5.69 Å². The highest BCUT2D eigenvalue weighted by atomic mass is 35.5. The third kappa shape index (κ3) is 2.37. The molecule has 0 aliphatic heterocycles. The molecular formula is C12H13ClN4O. The topological polar surface area (TPSA) is 86.9 Å². The first-order valence-electron chi connectivity index (χ1n) is 5.45. The lowest BCUT2D eigenvalue weighted by molar-refractivity contribution is 0.100. The second-order valence-electron chi connectivity index (χ2n) is 3.82. The molecule has 1 heterocycles. The van der Waals surface area contributed by atoms with Crippen LogP contribution in [0, 0.1) is 0 Å². The summed E-state index contributed by atoms with van der Waals surface area (Å²) in [5.41, 5.74) is 12.8. The van der Waals surface area contributed by atoms with Crippen molar-refractivity contribution in [1.82, 2.24) is 9.78 Å². The number of hydrogen-bond acceptors (Lipinski definition) is 3. The molecule has 2 rings (SSSR count). The Balaban J connectivity index is 2.51. The third-order valence-corrected chi connectivity index (χ3v) is 2.89. The maximum atomic E-state index is 11.1. The predicted octanol–water partition coefficient (Wildman–Crippen LogP) is 1.13. The lowest BCUT2D eigenvalue weighted by Crippen LogP contribution is -2.10. The van der Waals surface area contributed by atoms with Gasteiger partial charge in [-0.1, -0.05) is 23.7 Å². The van der Waals surface area contributed by atoms with Crippen molar-refractivity contribution in [3.8, 4) is 5.69 Å². The van der Waals surface area contributed by atoms with Gasteiger partial charge in [-0.15, -0.1) is 0 Å². The van der Waals surface area contributed by atoms with E-state index in [2.05, 4.69) is 5.10 Å². The quantitative estimate of drug-likeness (QED) is 0.868. The minimum Gasteiger partial charge on any atom is -0.366 e. The van der Waals surface area contributed by atoms with Crippen molar-refractivity contribution in [3.05, 3.63) is 46.7 Å². The van der Waals surface area contributed by atoms with Gasteiger partial charge in [0.2, 0.25) is 0 Å². The van der Waals surface area contributed by atoms with Gasteiger partial charge < -0.3 is 11.5 Å². The highest BCUT2D eigenvalue weighted by Crippen LogP contribution is 2.24. The number of nitrogens with two attached hydrogens (primary N) is 2. The number of primary amides is 1. The monoisotopic (exact) mass is 264 g/mol. The summed E-state index contributed by atoms with van der Waals surface area (Å²) in [5.74, 6) is -0.520. The smallest absolute Gasteiger partial charge is 0.251 e. The average molecular weight is 265 g/mol. The van der Waals surface area contributed by atoms with Gasteiger partial charge in [-0.05, 0) is 24.6 Å². The van der Waals surface area contributed by atoms with Crippen LogP contribution < -0.4 is 11.5 Å². The molecule has 1 amide bonds. The predicted molar refractivity (Wildman–Crippen MR) is 69.9 cm³/mol. The Hall–Kier alpha value is -1.85. The van der Waals surface area contributed by atoms with Gasteiger partial charge in [0.15, 0.2) is 0 Å². The molecule has 0 aliphatic rings. The summed E-state index contributed by atoms with van der Waals surface area (Å²) in [7, 11) is 0. The first-order valence-corrected chi connectivity index (χ1v) is 5.83. The van der Waals surface area contributed by atoms with Crippen LogP contribution in [0.4, 0.5) is 0 Å². The molecule has 18 heavy (non-hydrogen) atoms. The second-order valence-corrected chi connectivity index (χ2v) is 4.23. The standard InChI is InChI=1S/C12H13ClN4O/c13-10-3-1-2-8(4-5-14)11(10)17-7-9(6-16-17)12(15)18/h1-3,6-7H,4-5,14H2,(H2,15,18). The molecule has 0 saturated carbocycles. The Bertz CT molecular complexity index is 579. The van der Waals surface area contributed by atoms with Gasteiger partial charge in [-0.2, -0.15) is 5.10 Å². The zero-order chi connectivity index (χ0) is 13.1. The van der Waals surface area contributed by atoms with Gasteiger partial charge in [0.25, 0.3) is 5.91 Å². The van der Waals surface area contributed by atoms with Crippen LogP contribution in [-0.2, 0) is 6.42 Å². The number of rotatable bonds is 4. The lowest BCUT2D eigenvalue weighted by Gasteiger charge is -2.10. The largest absolute Gasteiger partial charge is 0.366 e. The molecule has 4 N–H and O–H groups in total. The molecule has 0 fully saturated rings. The molecule has 94 valence electrons. The summed E-state index contributed by atoms with van der Waals surface area (Å²) in [5, 5.41) is 4.66. The molecule has 2 aromatic rings. The van der Waals surface area contributed by atoms with Crippen LogP contribution in [0.2, 0.25) is 5.02 Å². The first-order chi connectivity index (χ1) is 8.63. The zero-order valence-electron chi connectivity index (χ0n) is 9.64. The SMILES string of the molecule is NCCc1cccc(Cl)c1-n1cc(C(N)=O)cn1. The summed E-state index contributed by atoms with van der Waals surface area (Å²) >= 11 is 6.17. The van der Waals surface area contributed by atoms with Gasteiger partial charge in [0.05, 0.1) is 22.5 Å². The fourth-order valence-corrected chi connectivity index (χ4v) is 2.03. The Morgan fingerprint density at radius 3 is 2.83 bits per heavy atom. The van der Waals surface area contributed by atoms with E-state index in [0.717, 1.165) is 11.3 Å². The Labute approximate surface area is 109 Å². The van der Waals surface area contributed by atoms with Gasteiger partial charge in [0, 0.05) is 6.20 Å². The van der Waals surface area contributed by atoms with E-state index in [4.69, 9.17) is 23.1 Å². The number of amides is 1. The van der Waals surface area contributed by atoms with Gasteiger partial charge in [-0.3, -0.25) is 4.79 Å². The minimum absolute atomic E-state index is 0.341. The molecule has 0 radical (unpaired) electrons. The van der Waals surface area contributed by atoms with Gasteiger partial charge in [-0.25, -0.2) is 4.68 Å². The van der Waals surface area contributed by atoms with Crippen LogP contribution >= 0.6 is 11.6 Å². The molecule has 0 unspecified atom stereocenters. The van der Waals surface area contributed by atoms with Crippen LogP contribution in [0.3, 0.4) is 0 Å². The van der Waals surface area contributed by atoms with Crippen molar-refractivity contribution in [2.24, 2.45) is 11.5 Å². The Kier molecular flexibility index (Phi) is 3.64. The van der Waals surface area contributed by atoms with E-state index >= 15 is 0 Å². The number of para-hydroxylation sites is 1. The van der Waals surface area contributed by atoms with E-state index in [0.29, 0.717) is 23.6 Å². The molecule has 0 atom stereocenters. The third-order valence-electron chi connectivity index (χ3n) is 2.58. The number of aromatic nitrogens is 2. The summed E-state index contributed by atoms with van der Waals surface area (Å²) in [6, 6.07) is 5.55. The Morgan fingerprint density at radius 2 is 2.22 bits per heavy atom. The molecule has 0 spiro atoms. The van der Waals surface area contributed by atoms with Gasteiger partial charge in [0.1, 0.15) is 0 Å². The number of benzene rings is 1. The van der Waals surface area contributed by atoms with Crippen LogP contribution in [0.5, 0.6) is 0 Å². The highest BCUT2D eigenvalue weighted by molar-refractivity contribution is 6.32. The van der Waals surface area contributed by atoms with E-state index < -0.39 is 5.91 Å². The summed E-state index contributed by atoms with van der Waals surface area (Å²) < 4.78 is 1.55. The summed E-state index contributed by atoms with van der Waals surface area (Å²) in [6.07, 6.45) is 3.66. The number of halogens is 1. The maximum absolute atomic E-state index is 11.1. The summed E-state index contributed by atoms with van der Waals surface area (Å²) in [4.78, 5) is 11.1. The second kappa shape index (κ2) is 5.20.